The topological polar surface area (TPSA) is 49.3 Å². The molecule has 0 bridgehead atoms. The van der Waals surface area contributed by atoms with Crippen molar-refractivity contribution in [2.24, 2.45) is 0 Å². The Morgan fingerprint density at radius 1 is 1.14 bits per heavy atom. The molecule has 1 amide bonds. The maximum atomic E-state index is 13.3. The van der Waals surface area contributed by atoms with Crippen LogP contribution in [0.1, 0.15) is 36.4 Å². The lowest BCUT2D eigenvalue weighted by Crippen LogP contribution is -2.34. The molecule has 2 N–H and O–H groups in total. The minimum atomic E-state index is -0.610. The average Bonchev–Trinajstić information content (AvgIpc) is 2.54. The van der Waals surface area contributed by atoms with Crippen molar-refractivity contribution in [1.82, 2.24) is 5.32 Å². The fraction of sp³-hybridized carbons (Fsp3) is 0.278. The van der Waals surface area contributed by atoms with Gasteiger partial charge in [0.2, 0.25) is 5.91 Å². The van der Waals surface area contributed by atoms with Gasteiger partial charge in [-0.25, -0.2) is 4.39 Å². The SMILES string of the molecule is CC[C@@H](C(=O)N[C@@H](CO)c1cccc(F)c1)c1ccccc1. The van der Waals surface area contributed by atoms with Crippen molar-refractivity contribution >= 4 is 5.91 Å². The number of carbonyl (C=O) groups is 1. The molecule has 0 saturated heterocycles. The Bertz CT molecular complexity index is 615. The van der Waals surface area contributed by atoms with Crippen LogP contribution in [0.25, 0.3) is 0 Å². The number of hydrogen-bond donors (Lipinski definition) is 2. The first kappa shape index (κ1) is 16.2. The molecule has 2 atom stereocenters. The third-order valence-corrected chi connectivity index (χ3v) is 3.68. The van der Waals surface area contributed by atoms with Crippen LogP contribution in [0.5, 0.6) is 0 Å². The molecule has 4 heteroatoms. The van der Waals surface area contributed by atoms with Crippen LogP contribution in [0.3, 0.4) is 0 Å². The lowest BCUT2D eigenvalue weighted by atomic mass is 9.95. The van der Waals surface area contributed by atoms with Crippen LogP contribution in [0.4, 0.5) is 4.39 Å². The molecule has 0 aliphatic carbocycles. The van der Waals surface area contributed by atoms with Crippen molar-refractivity contribution < 1.29 is 14.3 Å². The zero-order valence-corrected chi connectivity index (χ0v) is 12.5. The molecule has 0 aliphatic rings. The van der Waals surface area contributed by atoms with Crippen LogP contribution < -0.4 is 5.32 Å². The first-order valence-corrected chi connectivity index (χ1v) is 7.37. The van der Waals surface area contributed by atoms with Gasteiger partial charge in [0.15, 0.2) is 0 Å². The van der Waals surface area contributed by atoms with Crippen LogP contribution in [-0.2, 0) is 4.79 Å². The number of aliphatic hydroxyl groups excluding tert-OH is 1. The lowest BCUT2D eigenvalue weighted by Gasteiger charge is -2.21. The molecule has 3 nitrogen and oxygen atoms in total. The summed E-state index contributed by atoms with van der Waals surface area (Å²) in [4.78, 5) is 12.5. The summed E-state index contributed by atoms with van der Waals surface area (Å²) in [6.45, 7) is 1.66. The fourth-order valence-electron chi connectivity index (χ4n) is 2.49. The molecule has 0 fully saturated rings. The van der Waals surface area contributed by atoms with E-state index < -0.39 is 6.04 Å². The largest absolute Gasteiger partial charge is 0.394 e. The zero-order chi connectivity index (χ0) is 15.9. The zero-order valence-electron chi connectivity index (χ0n) is 12.5. The number of halogens is 1. The van der Waals surface area contributed by atoms with E-state index in [0.29, 0.717) is 12.0 Å². The quantitative estimate of drug-likeness (QED) is 0.861. The van der Waals surface area contributed by atoms with Crippen molar-refractivity contribution in [3.8, 4) is 0 Å². The summed E-state index contributed by atoms with van der Waals surface area (Å²) >= 11 is 0. The number of amides is 1. The van der Waals surface area contributed by atoms with Crippen molar-refractivity contribution in [1.29, 1.82) is 0 Å². The van der Waals surface area contributed by atoms with Gasteiger partial charge in [-0.05, 0) is 29.7 Å². The monoisotopic (exact) mass is 301 g/mol. The van der Waals surface area contributed by atoms with Gasteiger partial charge < -0.3 is 10.4 Å². The van der Waals surface area contributed by atoms with E-state index in [2.05, 4.69) is 5.32 Å². The molecule has 2 aromatic rings. The van der Waals surface area contributed by atoms with Gasteiger partial charge in [-0.15, -0.1) is 0 Å². The third-order valence-electron chi connectivity index (χ3n) is 3.68. The highest BCUT2D eigenvalue weighted by Gasteiger charge is 2.22. The highest BCUT2D eigenvalue weighted by atomic mass is 19.1. The van der Waals surface area contributed by atoms with Crippen LogP contribution in [0, 0.1) is 5.82 Å². The van der Waals surface area contributed by atoms with E-state index in [-0.39, 0.29) is 24.2 Å². The number of nitrogens with one attached hydrogen (secondary N) is 1. The molecule has 0 radical (unpaired) electrons. The first-order valence-electron chi connectivity index (χ1n) is 7.37. The standard InChI is InChI=1S/C18H20FNO2/c1-2-16(13-7-4-3-5-8-13)18(22)20-17(12-21)14-9-6-10-15(19)11-14/h3-11,16-17,21H,2,12H2,1H3,(H,20,22)/t16-,17+/m1/s1. The molecular formula is C18H20FNO2. The van der Waals surface area contributed by atoms with Crippen molar-refractivity contribution in [3.05, 3.63) is 71.5 Å². The Hall–Kier alpha value is -2.20. The van der Waals surface area contributed by atoms with Crippen LogP contribution in [0.2, 0.25) is 0 Å². The van der Waals surface area contributed by atoms with E-state index in [9.17, 15) is 14.3 Å². The Kier molecular flexibility index (Phi) is 5.67. The first-order chi connectivity index (χ1) is 10.7. The van der Waals surface area contributed by atoms with E-state index in [0.717, 1.165) is 5.56 Å². The van der Waals surface area contributed by atoms with Crippen molar-refractivity contribution in [3.63, 3.8) is 0 Å². The molecule has 116 valence electrons. The number of hydrogen-bond acceptors (Lipinski definition) is 2. The molecule has 2 rings (SSSR count). The number of aliphatic hydroxyl groups is 1. The molecule has 2 aromatic carbocycles. The highest BCUT2D eigenvalue weighted by Crippen LogP contribution is 2.21. The Morgan fingerprint density at radius 2 is 1.82 bits per heavy atom. The van der Waals surface area contributed by atoms with E-state index >= 15 is 0 Å². The van der Waals surface area contributed by atoms with Gasteiger partial charge in [0.1, 0.15) is 5.82 Å². The van der Waals surface area contributed by atoms with Gasteiger partial charge in [0.25, 0.3) is 0 Å². The minimum Gasteiger partial charge on any atom is -0.394 e. The predicted molar refractivity (Wildman–Crippen MR) is 83.8 cm³/mol. The van der Waals surface area contributed by atoms with E-state index in [4.69, 9.17) is 0 Å². The highest BCUT2D eigenvalue weighted by molar-refractivity contribution is 5.84. The van der Waals surface area contributed by atoms with Gasteiger partial charge in [0, 0.05) is 0 Å². The number of rotatable bonds is 6. The van der Waals surface area contributed by atoms with E-state index in [1.807, 2.05) is 37.3 Å². The molecule has 0 spiro atoms. The maximum absolute atomic E-state index is 13.3. The fourth-order valence-corrected chi connectivity index (χ4v) is 2.49. The smallest absolute Gasteiger partial charge is 0.228 e. The van der Waals surface area contributed by atoms with Gasteiger partial charge in [-0.3, -0.25) is 4.79 Å². The van der Waals surface area contributed by atoms with E-state index in [1.54, 1.807) is 12.1 Å². The summed E-state index contributed by atoms with van der Waals surface area (Å²) in [5.74, 6) is -0.846. The summed E-state index contributed by atoms with van der Waals surface area (Å²) in [6, 6.07) is 14.8. The maximum Gasteiger partial charge on any atom is 0.228 e. The second kappa shape index (κ2) is 7.71. The molecule has 0 aliphatic heterocycles. The minimum absolute atomic E-state index is 0.169. The lowest BCUT2D eigenvalue weighted by molar-refractivity contribution is -0.123. The molecule has 0 aromatic heterocycles. The Morgan fingerprint density at radius 3 is 2.41 bits per heavy atom. The molecular weight excluding hydrogens is 281 g/mol. The van der Waals surface area contributed by atoms with Crippen molar-refractivity contribution in [2.45, 2.75) is 25.3 Å². The summed E-state index contributed by atoms with van der Waals surface area (Å²) in [5.41, 5.74) is 1.48. The Labute approximate surface area is 129 Å². The average molecular weight is 301 g/mol. The molecule has 0 saturated carbocycles. The normalized spacial score (nSPS) is 13.4. The number of benzene rings is 2. The number of carbonyl (C=O) groups excluding carboxylic acids is 1. The van der Waals surface area contributed by atoms with Gasteiger partial charge >= 0.3 is 0 Å². The van der Waals surface area contributed by atoms with Gasteiger partial charge in [0.05, 0.1) is 18.6 Å². The summed E-state index contributed by atoms with van der Waals surface area (Å²) < 4.78 is 13.3. The second-order valence-corrected chi connectivity index (χ2v) is 5.17. The van der Waals surface area contributed by atoms with Crippen LogP contribution in [0.15, 0.2) is 54.6 Å². The van der Waals surface area contributed by atoms with Crippen molar-refractivity contribution in [2.75, 3.05) is 6.61 Å². The predicted octanol–water partition coefficient (Wildman–Crippen LogP) is 3.17. The summed E-state index contributed by atoms with van der Waals surface area (Å²) in [5, 5.41) is 12.3. The van der Waals surface area contributed by atoms with Gasteiger partial charge in [-0.1, -0.05) is 49.4 Å². The van der Waals surface area contributed by atoms with E-state index in [1.165, 1.54) is 12.1 Å². The van der Waals surface area contributed by atoms with Crippen LogP contribution >= 0.6 is 0 Å². The van der Waals surface area contributed by atoms with Gasteiger partial charge in [-0.2, -0.15) is 0 Å². The molecule has 0 unspecified atom stereocenters. The third kappa shape index (κ3) is 3.92. The molecule has 22 heavy (non-hydrogen) atoms. The Balaban J connectivity index is 2.14. The summed E-state index contributed by atoms with van der Waals surface area (Å²) in [6.07, 6.45) is 0.650. The molecule has 0 heterocycles. The summed E-state index contributed by atoms with van der Waals surface area (Å²) in [7, 11) is 0. The van der Waals surface area contributed by atoms with Crippen LogP contribution in [-0.4, -0.2) is 17.6 Å². The second-order valence-electron chi connectivity index (χ2n) is 5.17.